The van der Waals surface area contributed by atoms with Crippen molar-refractivity contribution in [3.63, 3.8) is 0 Å². The summed E-state index contributed by atoms with van der Waals surface area (Å²) in [5.74, 6) is 5.43. The molecule has 0 radical (unpaired) electrons. The van der Waals surface area contributed by atoms with Crippen LogP contribution in [0.25, 0.3) is 0 Å². The quantitative estimate of drug-likeness (QED) is 0.764. The topological polar surface area (TPSA) is 75.6 Å². The molecule has 1 unspecified atom stereocenters. The molecule has 0 bridgehead atoms. The van der Waals surface area contributed by atoms with Crippen LogP contribution in [0.1, 0.15) is 12.5 Å². The number of hydrogen-bond acceptors (Lipinski definition) is 5. The number of ether oxygens (including phenoxy) is 1. The van der Waals surface area contributed by atoms with E-state index in [0.29, 0.717) is 12.1 Å². The van der Waals surface area contributed by atoms with Gasteiger partial charge in [0.2, 0.25) is 10.0 Å². The van der Waals surface area contributed by atoms with Crippen molar-refractivity contribution in [3.8, 4) is 17.6 Å². The average molecular weight is 329 g/mol. The zero-order chi connectivity index (χ0) is 15.9. The van der Waals surface area contributed by atoms with Crippen LogP contribution in [0.5, 0.6) is 5.75 Å². The van der Waals surface area contributed by atoms with E-state index in [-0.39, 0.29) is 22.5 Å². The summed E-state index contributed by atoms with van der Waals surface area (Å²) >= 11 is 1.58. The highest BCUT2D eigenvalue weighted by atomic mass is 32.2. The van der Waals surface area contributed by atoms with Crippen molar-refractivity contribution in [2.24, 2.45) is 0 Å². The minimum atomic E-state index is -3.67. The first-order valence-corrected chi connectivity index (χ1v) is 9.02. The molecule has 0 amide bonds. The van der Waals surface area contributed by atoms with E-state index in [2.05, 4.69) is 16.6 Å². The van der Waals surface area contributed by atoms with Gasteiger partial charge in [0, 0.05) is 17.4 Å². The number of methoxy groups -OCH3 is 1. The molecule has 0 aliphatic carbocycles. The third kappa shape index (κ3) is 5.25. The molecule has 0 aliphatic rings. The molecular weight excluding hydrogens is 310 g/mol. The van der Waals surface area contributed by atoms with Crippen LogP contribution in [0.15, 0.2) is 23.1 Å². The van der Waals surface area contributed by atoms with E-state index in [1.165, 1.54) is 13.2 Å². The second kappa shape index (κ2) is 8.29. The van der Waals surface area contributed by atoms with E-state index in [0.717, 1.165) is 0 Å². The molecule has 0 spiro atoms. The van der Waals surface area contributed by atoms with Crippen LogP contribution >= 0.6 is 11.8 Å². The van der Waals surface area contributed by atoms with Crippen LogP contribution in [-0.2, 0) is 10.0 Å². The highest BCUT2D eigenvalue weighted by molar-refractivity contribution is 7.99. The van der Waals surface area contributed by atoms with Crippen LogP contribution < -0.4 is 9.46 Å². The third-order valence-electron chi connectivity index (χ3n) is 2.73. The molecule has 1 aromatic carbocycles. The average Bonchev–Trinajstić information content (AvgIpc) is 2.50. The van der Waals surface area contributed by atoms with E-state index in [4.69, 9.17) is 9.84 Å². The van der Waals surface area contributed by atoms with Crippen LogP contribution in [0, 0.1) is 11.8 Å². The van der Waals surface area contributed by atoms with Crippen LogP contribution in [0.3, 0.4) is 0 Å². The molecule has 0 saturated heterocycles. The van der Waals surface area contributed by atoms with Crippen molar-refractivity contribution >= 4 is 21.8 Å². The Hall–Kier alpha value is -1.20. The third-order valence-corrected chi connectivity index (χ3v) is 5.14. The van der Waals surface area contributed by atoms with Gasteiger partial charge in [-0.3, -0.25) is 0 Å². The van der Waals surface area contributed by atoms with Crippen molar-refractivity contribution in [1.82, 2.24) is 4.72 Å². The SMILES string of the molecule is COc1ccc(C#CCO)cc1S(=O)(=O)NCC(C)SC. The molecule has 0 aliphatic heterocycles. The molecule has 116 valence electrons. The first kappa shape index (κ1) is 17.9. The van der Waals surface area contributed by atoms with Crippen LogP contribution in [0.2, 0.25) is 0 Å². The van der Waals surface area contributed by atoms with Crippen molar-refractivity contribution in [1.29, 1.82) is 0 Å². The number of aliphatic hydroxyl groups is 1. The lowest BCUT2D eigenvalue weighted by atomic mass is 10.2. The highest BCUT2D eigenvalue weighted by Crippen LogP contribution is 2.24. The summed E-state index contributed by atoms with van der Waals surface area (Å²) in [6.07, 6.45) is 1.92. The summed E-state index contributed by atoms with van der Waals surface area (Å²) in [5, 5.41) is 8.87. The maximum absolute atomic E-state index is 12.4. The Balaban J connectivity index is 3.13. The number of benzene rings is 1. The smallest absolute Gasteiger partial charge is 0.244 e. The lowest BCUT2D eigenvalue weighted by molar-refractivity contribution is 0.350. The molecule has 0 aromatic heterocycles. The standard InChI is InChI=1S/C14H19NO4S2/c1-11(20-3)10-15-21(17,18)14-9-12(5-4-8-16)6-7-13(14)19-2/h6-7,9,11,15-16H,8,10H2,1-3H3. The minimum Gasteiger partial charge on any atom is -0.495 e. The molecule has 7 heteroatoms. The number of hydrogen-bond donors (Lipinski definition) is 2. The summed E-state index contributed by atoms with van der Waals surface area (Å²) in [5.41, 5.74) is 0.503. The van der Waals surface area contributed by atoms with Crippen molar-refractivity contribution in [2.45, 2.75) is 17.1 Å². The molecule has 0 fully saturated rings. The van der Waals surface area contributed by atoms with Gasteiger partial charge in [0.1, 0.15) is 17.3 Å². The normalized spacial score (nSPS) is 12.4. The zero-order valence-corrected chi connectivity index (χ0v) is 13.8. The van der Waals surface area contributed by atoms with Gasteiger partial charge in [-0.15, -0.1) is 0 Å². The Morgan fingerprint density at radius 3 is 2.76 bits per heavy atom. The molecule has 1 rings (SSSR count). The Morgan fingerprint density at radius 1 is 1.48 bits per heavy atom. The Labute approximate surface area is 130 Å². The number of aliphatic hydroxyl groups excluding tert-OH is 1. The molecule has 0 saturated carbocycles. The summed E-state index contributed by atoms with van der Waals surface area (Å²) in [6, 6.07) is 4.63. The first-order chi connectivity index (χ1) is 9.94. The molecule has 5 nitrogen and oxygen atoms in total. The van der Waals surface area contributed by atoms with Crippen molar-refractivity contribution < 1.29 is 18.3 Å². The van der Waals surface area contributed by atoms with Crippen molar-refractivity contribution in [2.75, 3.05) is 26.5 Å². The van der Waals surface area contributed by atoms with Crippen LogP contribution in [-0.4, -0.2) is 45.3 Å². The van der Waals surface area contributed by atoms with Gasteiger partial charge >= 0.3 is 0 Å². The Morgan fingerprint density at radius 2 is 2.19 bits per heavy atom. The van der Waals surface area contributed by atoms with Gasteiger partial charge in [0.05, 0.1) is 7.11 Å². The second-order valence-corrected chi connectivity index (χ2v) is 7.24. The molecular formula is C14H19NO4S2. The van der Waals surface area contributed by atoms with Crippen LogP contribution in [0.4, 0.5) is 0 Å². The van der Waals surface area contributed by atoms with Gasteiger partial charge in [0.25, 0.3) is 0 Å². The Kier molecular flexibility index (Phi) is 7.05. The lowest BCUT2D eigenvalue weighted by Gasteiger charge is -2.13. The minimum absolute atomic E-state index is 0.0445. The van der Waals surface area contributed by atoms with E-state index >= 15 is 0 Å². The number of rotatable bonds is 6. The van der Waals surface area contributed by atoms with E-state index in [9.17, 15) is 8.42 Å². The maximum atomic E-state index is 12.4. The van der Waals surface area contributed by atoms with Gasteiger partial charge in [-0.1, -0.05) is 18.8 Å². The summed E-state index contributed by atoms with van der Waals surface area (Å²) in [4.78, 5) is 0.0445. The van der Waals surface area contributed by atoms with Gasteiger partial charge in [-0.05, 0) is 24.5 Å². The van der Waals surface area contributed by atoms with E-state index in [1.807, 2.05) is 13.2 Å². The van der Waals surface area contributed by atoms with Gasteiger partial charge in [-0.25, -0.2) is 13.1 Å². The fourth-order valence-corrected chi connectivity index (χ4v) is 3.17. The summed E-state index contributed by atoms with van der Waals surface area (Å²) < 4.78 is 32.4. The molecule has 1 atom stereocenters. The monoisotopic (exact) mass is 329 g/mol. The molecule has 0 heterocycles. The maximum Gasteiger partial charge on any atom is 0.244 e. The molecule has 2 N–H and O–H groups in total. The van der Waals surface area contributed by atoms with Gasteiger partial charge in [-0.2, -0.15) is 11.8 Å². The predicted octanol–water partition coefficient (Wildman–Crippen LogP) is 1.07. The fourth-order valence-electron chi connectivity index (χ4n) is 1.49. The van der Waals surface area contributed by atoms with Gasteiger partial charge in [0.15, 0.2) is 0 Å². The number of thioether (sulfide) groups is 1. The summed E-state index contributed by atoms with van der Waals surface area (Å²) in [7, 11) is -2.26. The number of sulfonamides is 1. The van der Waals surface area contributed by atoms with E-state index in [1.54, 1.807) is 23.9 Å². The van der Waals surface area contributed by atoms with Crippen molar-refractivity contribution in [3.05, 3.63) is 23.8 Å². The zero-order valence-electron chi connectivity index (χ0n) is 12.2. The largest absolute Gasteiger partial charge is 0.495 e. The predicted molar refractivity (Wildman–Crippen MR) is 85.1 cm³/mol. The van der Waals surface area contributed by atoms with Gasteiger partial charge < -0.3 is 9.84 Å². The van der Waals surface area contributed by atoms with E-state index < -0.39 is 10.0 Å². The molecule has 1 aromatic rings. The first-order valence-electron chi connectivity index (χ1n) is 6.24. The lowest BCUT2D eigenvalue weighted by Crippen LogP contribution is -2.29. The Bertz CT molecular complexity index is 632. The second-order valence-electron chi connectivity index (χ2n) is 4.22. The highest BCUT2D eigenvalue weighted by Gasteiger charge is 2.20. The fraction of sp³-hybridized carbons (Fsp3) is 0.429. The molecule has 21 heavy (non-hydrogen) atoms. The number of nitrogens with one attached hydrogen (secondary N) is 1. The summed E-state index contributed by atoms with van der Waals surface area (Å²) in [6.45, 7) is 1.99.